The highest BCUT2D eigenvalue weighted by Gasteiger charge is 2.46. The second-order valence-corrected chi connectivity index (χ2v) is 14.0. The van der Waals surface area contributed by atoms with Gasteiger partial charge in [0.1, 0.15) is 0 Å². The van der Waals surface area contributed by atoms with Crippen LogP contribution in [0, 0.1) is 17.8 Å². The summed E-state index contributed by atoms with van der Waals surface area (Å²) in [5, 5.41) is 6.44. The number of Topliss-reactive ketones (excluding diaryl/α,β-unsaturated/α-hetero) is 2. The first kappa shape index (κ1) is 30.1. The molecule has 1 aliphatic heterocycles. The number of allylic oxidation sites excluding steroid dienone is 4. The molecule has 0 bridgehead atoms. The number of hydrogen-bond acceptors (Lipinski definition) is 6. The normalized spacial score (nSPS) is 19.6. The third-order valence-electron chi connectivity index (χ3n) is 8.15. The molecular formula is C34H39BrN2O5. The number of halogens is 1. The molecule has 2 aromatic rings. The summed E-state index contributed by atoms with van der Waals surface area (Å²) in [6.07, 6.45) is 2.30. The van der Waals surface area contributed by atoms with Crippen molar-refractivity contribution in [3.8, 4) is 11.5 Å². The highest BCUT2D eigenvalue weighted by molar-refractivity contribution is 9.10. The summed E-state index contributed by atoms with van der Waals surface area (Å²) in [7, 11) is 0. The Hall–Kier alpha value is -3.39. The molecule has 0 unspecified atom stereocenters. The lowest BCUT2D eigenvalue weighted by molar-refractivity contribution is -0.119. The number of ketones is 2. The molecule has 1 amide bonds. The van der Waals surface area contributed by atoms with E-state index in [0.717, 1.165) is 41.1 Å². The topological polar surface area (TPSA) is 93.7 Å². The van der Waals surface area contributed by atoms with E-state index < -0.39 is 5.92 Å². The molecule has 0 fully saturated rings. The zero-order chi connectivity index (χ0) is 30.4. The summed E-state index contributed by atoms with van der Waals surface area (Å²) < 4.78 is 12.6. The third-order valence-corrected chi connectivity index (χ3v) is 8.74. The smallest absolute Gasteiger partial charge is 0.262 e. The van der Waals surface area contributed by atoms with Crippen LogP contribution in [0.5, 0.6) is 11.5 Å². The van der Waals surface area contributed by atoms with Crippen molar-refractivity contribution in [2.24, 2.45) is 10.8 Å². The molecule has 0 saturated carbocycles. The van der Waals surface area contributed by atoms with E-state index in [-0.39, 0.29) is 34.9 Å². The Bertz CT molecular complexity index is 1480. The minimum atomic E-state index is -0.502. The molecule has 0 radical (unpaired) electrons. The van der Waals surface area contributed by atoms with E-state index >= 15 is 0 Å². The molecule has 0 saturated heterocycles. The quantitative estimate of drug-likeness (QED) is 0.336. The molecule has 1 heterocycles. The highest BCUT2D eigenvalue weighted by Crippen LogP contribution is 2.52. The molecule has 0 aromatic heterocycles. The van der Waals surface area contributed by atoms with E-state index in [1.165, 1.54) is 0 Å². The average Bonchev–Trinajstić information content (AvgIpc) is 2.87. The number of amides is 1. The van der Waals surface area contributed by atoms with Crippen LogP contribution in [0.4, 0.5) is 5.69 Å². The van der Waals surface area contributed by atoms with Gasteiger partial charge in [0.25, 0.3) is 5.91 Å². The molecule has 2 N–H and O–H groups in total. The van der Waals surface area contributed by atoms with E-state index in [9.17, 15) is 14.4 Å². The molecule has 0 atom stereocenters. The average molecular weight is 636 g/mol. The number of aryl methyl sites for hydroxylation is 1. The summed E-state index contributed by atoms with van der Waals surface area (Å²) in [4.78, 5) is 40.2. The fourth-order valence-corrected chi connectivity index (χ4v) is 6.99. The zero-order valence-corrected chi connectivity index (χ0v) is 26.8. The molecule has 42 heavy (non-hydrogen) atoms. The van der Waals surface area contributed by atoms with Crippen molar-refractivity contribution in [3.63, 3.8) is 0 Å². The first-order valence-corrected chi connectivity index (χ1v) is 15.3. The highest BCUT2D eigenvalue weighted by atomic mass is 79.9. The molecule has 3 aliphatic rings. The molecule has 222 valence electrons. The Morgan fingerprint density at radius 1 is 0.952 bits per heavy atom. The van der Waals surface area contributed by atoms with Gasteiger partial charge in [0.15, 0.2) is 29.7 Å². The number of carbonyl (C=O) groups is 3. The summed E-state index contributed by atoms with van der Waals surface area (Å²) in [6, 6.07) is 11.3. The van der Waals surface area contributed by atoms with Crippen LogP contribution in [0.25, 0.3) is 0 Å². The maximum absolute atomic E-state index is 13.7. The predicted molar refractivity (Wildman–Crippen MR) is 167 cm³/mol. The van der Waals surface area contributed by atoms with Crippen LogP contribution in [-0.4, -0.2) is 30.7 Å². The Kier molecular flexibility index (Phi) is 8.14. The maximum Gasteiger partial charge on any atom is 0.262 e. The van der Waals surface area contributed by atoms with E-state index in [4.69, 9.17) is 9.47 Å². The van der Waals surface area contributed by atoms with Crippen molar-refractivity contribution < 1.29 is 23.9 Å². The lowest BCUT2D eigenvalue weighted by Gasteiger charge is -2.44. The van der Waals surface area contributed by atoms with Crippen LogP contribution in [0.15, 0.2) is 63.4 Å². The van der Waals surface area contributed by atoms with E-state index in [1.54, 1.807) is 0 Å². The Morgan fingerprint density at radius 2 is 1.55 bits per heavy atom. The summed E-state index contributed by atoms with van der Waals surface area (Å²) in [5.74, 6) is 0.162. The van der Waals surface area contributed by atoms with Gasteiger partial charge in [-0.15, -0.1) is 0 Å². The van der Waals surface area contributed by atoms with Crippen molar-refractivity contribution >= 4 is 39.1 Å². The number of benzene rings is 2. The molecule has 7 nitrogen and oxygen atoms in total. The van der Waals surface area contributed by atoms with Gasteiger partial charge in [0.2, 0.25) is 0 Å². The van der Waals surface area contributed by atoms with Gasteiger partial charge in [0, 0.05) is 47.0 Å². The van der Waals surface area contributed by atoms with Crippen LogP contribution >= 0.6 is 15.9 Å². The van der Waals surface area contributed by atoms with Gasteiger partial charge >= 0.3 is 0 Å². The van der Waals surface area contributed by atoms with Crippen LogP contribution in [0.1, 0.15) is 77.3 Å². The number of rotatable bonds is 7. The number of dihydropyridines is 1. The van der Waals surface area contributed by atoms with Crippen LogP contribution in [0.2, 0.25) is 0 Å². The second-order valence-electron chi connectivity index (χ2n) is 13.1. The van der Waals surface area contributed by atoms with Crippen molar-refractivity contribution in [1.29, 1.82) is 0 Å². The summed E-state index contributed by atoms with van der Waals surface area (Å²) >= 11 is 3.65. The second kappa shape index (κ2) is 11.4. The molecule has 2 aromatic carbocycles. The Morgan fingerprint density at radius 3 is 2.12 bits per heavy atom. The minimum Gasteiger partial charge on any atom is -0.490 e. The summed E-state index contributed by atoms with van der Waals surface area (Å²) in [5.41, 5.74) is 5.27. The largest absolute Gasteiger partial charge is 0.490 e. The van der Waals surface area contributed by atoms with E-state index in [1.807, 2.05) is 50.2 Å². The van der Waals surface area contributed by atoms with E-state index in [2.05, 4.69) is 54.3 Å². The lowest BCUT2D eigenvalue weighted by Crippen LogP contribution is -2.42. The zero-order valence-electron chi connectivity index (χ0n) is 25.2. The standard InChI is InChI=1S/C34H39BrN2O5/c1-7-41-27-13-20(12-21(35)32(27)42-18-28(40)37-22-11-9-8-10-19(22)2)29-30-23(14-33(3,4)16-25(30)38)36-24-15-34(5,6)17-26(39)31(24)29/h8-13,29,36H,7,14-18H2,1-6H3,(H,37,40). The fourth-order valence-electron chi connectivity index (χ4n) is 6.42. The Balaban J connectivity index is 1.53. The van der Waals surface area contributed by atoms with Gasteiger partial charge in [0.05, 0.1) is 11.1 Å². The SMILES string of the molecule is CCOc1cc(C2C3=C(CC(C)(C)CC3=O)NC3=C2C(=O)CC(C)(C)C3)cc(Br)c1OCC(=O)Nc1ccccc1C. The van der Waals surface area contributed by atoms with Crippen LogP contribution in [0.3, 0.4) is 0 Å². The predicted octanol–water partition coefficient (Wildman–Crippen LogP) is 7.15. The van der Waals surface area contributed by atoms with Crippen molar-refractivity contribution in [2.45, 2.75) is 73.1 Å². The number of anilines is 1. The van der Waals surface area contributed by atoms with Gasteiger partial charge < -0.3 is 20.1 Å². The molecular weight excluding hydrogens is 596 g/mol. The van der Waals surface area contributed by atoms with Crippen molar-refractivity contribution in [2.75, 3.05) is 18.5 Å². The lowest BCUT2D eigenvalue weighted by atomic mass is 9.64. The fraction of sp³-hybridized carbons (Fsp3) is 0.441. The number of ether oxygens (including phenoxy) is 2. The maximum atomic E-state index is 13.7. The van der Waals surface area contributed by atoms with E-state index in [0.29, 0.717) is 46.6 Å². The van der Waals surface area contributed by atoms with Gasteiger partial charge in [-0.1, -0.05) is 45.9 Å². The number of para-hydroxylation sites is 1. The third kappa shape index (κ3) is 6.05. The molecule has 2 aliphatic carbocycles. The van der Waals surface area contributed by atoms with Crippen molar-refractivity contribution in [3.05, 3.63) is 74.5 Å². The number of nitrogens with one attached hydrogen (secondary N) is 2. The Labute approximate surface area is 256 Å². The monoisotopic (exact) mass is 634 g/mol. The van der Waals surface area contributed by atoms with Crippen LogP contribution in [-0.2, 0) is 14.4 Å². The summed E-state index contributed by atoms with van der Waals surface area (Å²) in [6.45, 7) is 12.4. The van der Waals surface area contributed by atoms with Gasteiger partial charge in [-0.25, -0.2) is 0 Å². The molecule has 5 rings (SSSR count). The van der Waals surface area contributed by atoms with Gasteiger partial charge in [-0.2, -0.15) is 0 Å². The molecule has 8 heteroatoms. The first-order valence-electron chi connectivity index (χ1n) is 14.5. The van der Waals surface area contributed by atoms with Gasteiger partial charge in [-0.3, -0.25) is 14.4 Å². The van der Waals surface area contributed by atoms with Gasteiger partial charge in [-0.05, 0) is 82.8 Å². The number of carbonyl (C=O) groups excluding carboxylic acids is 3. The first-order chi connectivity index (χ1) is 19.8. The van der Waals surface area contributed by atoms with Crippen LogP contribution < -0.4 is 20.1 Å². The van der Waals surface area contributed by atoms with Crippen molar-refractivity contribution in [1.82, 2.24) is 5.32 Å². The minimum absolute atomic E-state index is 0.0604. The number of hydrogen-bond donors (Lipinski definition) is 2. The molecule has 0 spiro atoms.